The number of carbonyl (C=O) groups excluding carboxylic acids is 2. The molecule has 1 aromatic heterocycles. The highest BCUT2D eigenvalue weighted by Crippen LogP contribution is 2.27. The Morgan fingerprint density at radius 1 is 1.20 bits per heavy atom. The lowest BCUT2D eigenvalue weighted by atomic mass is 10.1. The molecule has 1 aliphatic heterocycles. The Hall–Kier alpha value is -2.18. The van der Waals surface area contributed by atoms with Crippen LogP contribution in [0.2, 0.25) is 0 Å². The molecule has 0 unspecified atom stereocenters. The molecule has 0 fully saturated rings. The summed E-state index contributed by atoms with van der Waals surface area (Å²) >= 11 is 1.40. The summed E-state index contributed by atoms with van der Waals surface area (Å²) in [5, 5.41) is 2.53. The Labute approximate surface area is 119 Å². The molecule has 1 aromatic carbocycles. The molecule has 5 nitrogen and oxygen atoms in total. The van der Waals surface area contributed by atoms with Gasteiger partial charge in [-0.1, -0.05) is 6.07 Å². The maximum Gasteiger partial charge on any atom is 0.296 e. The first-order valence-corrected chi connectivity index (χ1v) is 6.85. The summed E-state index contributed by atoms with van der Waals surface area (Å²) in [7, 11) is 0. The number of pyridine rings is 1. The molecule has 0 saturated heterocycles. The van der Waals surface area contributed by atoms with Crippen molar-refractivity contribution in [3.05, 3.63) is 53.9 Å². The van der Waals surface area contributed by atoms with Gasteiger partial charge in [0.05, 0.1) is 16.9 Å². The van der Waals surface area contributed by atoms with Crippen molar-refractivity contribution in [1.29, 1.82) is 0 Å². The fourth-order valence-electron chi connectivity index (χ4n) is 1.88. The van der Waals surface area contributed by atoms with Crippen LogP contribution in [0.1, 0.15) is 16.1 Å². The molecule has 1 aliphatic rings. The van der Waals surface area contributed by atoms with E-state index in [-0.39, 0.29) is 0 Å². The van der Waals surface area contributed by atoms with E-state index in [2.05, 4.69) is 15.0 Å². The number of aromatic nitrogens is 1. The van der Waals surface area contributed by atoms with Crippen molar-refractivity contribution >= 4 is 29.3 Å². The van der Waals surface area contributed by atoms with Crippen LogP contribution in [0.3, 0.4) is 0 Å². The molecule has 2 aromatic rings. The van der Waals surface area contributed by atoms with Crippen molar-refractivity contribution in [2.45, 2.75) is 11.4 Å². The number of anilines is 1. The maximum atomic E-state index is 11.6. The standard InChI is InChI=1S/C14H11N3O2S/c18-13-11-7-10(4-5-12(11)17-14(13)19)20-16-8-9-3-1-2-6-15-9/h1-7,16H,8H2,(H,17,18,19). The lowest BCUT2D eigenvalue weighted by Crippen LogP contribution is -2.12. The normalized spacial score (nSPS) is 13.2. The van der Waals surface area contributed by atoms with Crippen LogP contribution in [-0.4, -0.2) is 16.7 Å². The Kier molecular flexibility index (Phi) is 3.49. The largest absolute Gasteiger partial charge is 0.318 e. The number of hydrogen-bond donors (Lipinski definition) is 2. The Morgan fingerprint density at radius 2 is 2.10 bits per heavy atom. The van der Waals surface area contributed by atoms with Crippen molar-refractivity contribution in [3.63, 3.8) is 0 Å². The molecule has 20 heavy (non-hydrogen) atoms. The Morgan fingerprint density at radius 3 is 2.90 bits per heavy atom. The van der Waals surface area contributed by atoms with Crippen LogP contribution < -0.4 is 10.0 Å². The van der Waals surface area contributed by atoms with Crippen molar-refractivity contribution in [2.24, 2.45) is 0 Å². The van der Waals surface area contributed by atoms with Gasteiger partial charge in [-0.05, 0) is 42.3 Å². The van der Waals surface area contributed by atoms with E-state index in [1.54, 1.807) is 18.3 Å². The lowest BCUT2D eigenvalue weighted by molar-refractivity contribution is -0.112. The van der Waals surface area contributed by atoms with Gasteiger partial charge in [0.15, 0.2) is 0 Å². The van der Waals surface area contributed by atoms with Gasteiger partial charge in [0.2, 0.25) is 0 Å². The van der Waals surface area contributed by atoms with E-state index < -0.39 is 11.7 Å². The fourth-order valence-corrected chi connectivity index (χ4v) is 2.58. The zero-order valence-corrected chi connectivity index (χ0v) is 11.2. The highest BCUT2D eigenvalue weighted by Gasteiger charge is 2.27. The summed E-state index contributed by atoms with van der Waals surface area (Å²) < 4.78 is 3.17. The van der Waals surface area contributed by atoms with Gasteiger partial charge in [-0.2, -0.15) is 0 Å². The van der Waals surface area contributed by atoms with Gasteiger partial charge in [0, 0.05) is 17.6 Å². The van der Waals surface area contributed by atoms with Crippen LogP contribution in [0.4, 0.5) is 5.69 Å². The quantitative estimate of drug-likeness (QED) is 0.664. The second-order valence-corrected chi connectivity index (χ2v) is 5.20. The van der Waals surface area contributed by atoms with E-state index in [1.165, 1.54) is 11.9 Å². The first-order valence-electron chi connectivity index (χ1n) is 6.03. The second-order valence-electron chi connectivity index (χ2n) is 4.23. The second kappa shape index (κ2) is 5.44. The fraction of sp³-hybridized carbons (Fsp3) is 0.0714. The van der Waals surface area contributed by atoms with Gasteiger partial charge in [-0.3, -0.25) is 19.3 Å². The molecule has 3 rings (SSSR count). The number of rotatable bonds is 4. The minimum absolute atomic E-state index is 0.430. The number of Topliss-reactive ketones (excluding diaryl/α,β-unsaturated/α-hetero) is 1. The molecule has 2 heterocycles. The number of amides is 1. The molecule has 0 atom stereocenters. The third-order valence-electron chi connectivity index (χ3n) is 2.86. The zero-order valence-electron chi connectivity index (χ0n) is 10.4. The minimum Gasteiger partial charge on any atom is -0.318 e. The molecule has 1 amide bonds. The highest BCUT2D eigenvalue weighted by atomic mass is 32.2. The smallest absolute Gasteiger partial charge is 0.296 e. The van der Waals surface area contributed by atoms with Crippen LogP contribution >= 0.6 is 11.9 Å². The minimum atomic E-state index is -0.566. The number of nitrogens with one attached hydrogen (secondary N) is 2. The number of benzene rings is 1. The van der Waals surface area contributed by atoms with E-state index in [0.717, 1.165) is 10.6 Å². The molecule has 100 valence electrons. The van der Waals surface area contributed by atoms with Gasteiger partial charge >= 0.3 is 0 Å². The summed E-state index contributed by atoms with van der Waals surface area (Å²) in [5.41, 5.74) is 1.95. The Bertz CT molecular complexity index is 673. The van der Waals surface area contributed by atoms with Crippen molar-refractivity contribution in [3.8, 4) is 0 Å². The summed E-state index contributed by atoms with van der Waals surface area (Å²) in [5.74, 6) is -1.05. The average Bonchev–Trinajstić information content (AvgIpc) is 2.76. The average molecular weight is 285 g/mol. The zero-order chi connectivity index (χ0) is 13.9. The topological polar surface area (TPSA) is 71.1 Å². The molecule has 6 heteroatoms. The Balaban J connectivity index is 1.65. The summed E-state index contributed by atoms with van der Waals surface area (Å²) in [6.07, 6.45) is 1.74. The predicted octanol–water partition coefficient (Wildman–Crippen LogP) is 2.01. The third-order valence-corrected chi connectivity index (χ3v) is 3.64. The van der Waals surface area contributed by atoms with Crippen molar-refractivity contribution < 1.29 is 9.59 Å². The van der Waals surface area contributed by atoms with E-state index in [9.17, 15) is 9.59 Å². The first kappa shape index (κ1) is 12.8. The van der Waals surface area contributed by atoms with E-state index >= 15 is 0 Å². The van der Waals surface area contributed by atoms with Gasteiger partial charge in [0.25, 0.3) is 11.7 Å². The van der Waals surface area contributed by atoms with E-state index in [1.807, 2.05) is 24.3 Å². The third kappa shape index (κ3) is 2.56. The SMILES string of the molecule is O=C1Nc2ccc(SNCc3ccccn3)cc2C1=O. The molecular weight excluding hydrogens is 274 g/mol. The van der Waals surface area contributed by atoms with Crippen LogP contribution in [0.15, 0.2) is 47.5 Å². The van der Waals surface area contributed by atoms with Gasteiger partial charge < -0.3 is 5.32 Å². The van der Waals surface area contributed by atoms with Crippen LogP contribution in [0.5, 0.6) is 0 Å². The van der Waals surface area contributed by atoms with Crippen LogP contribution in [0.25, 0.3) is 0 Å². The number of carbonyl (C=O) groups is 2. The number of nitrogens with zero attached hydrogens (tertiary/aromatic N) is 1. The molecule has 2 N–H and O–H groups in total. The monoisotopic (exact) mass is 285 g/mol. The van der Waals surface area contributed by atoms with Gasteiger partial charge in [0.1, 0.15) is 0 Å². The maximum absolute atomic E-state index is 11.6. The highest BCUT2D eigenvalue weighted by molar-refractivity contribution is 7.97. The molecule has 0 aliphatic carbocycles. The van der Waals surface area contributed by atoms with Crippen LogP contribution in [-0.2, 0) is 11.3 Å². The molecule has 0 bridgehead atoms. The van der Waals surface area contributed by atoms with Crippen LogP contribution in [0, 0.1) is 0 Å². The predicted molar refractivity (Wildman–Crippen MR) is 76.3 cm³/mol. The van der Waals surface area contributed by atoms with E-state index in [4.69, 9.17) is 0 Å². The summed E-state index contributed by atoms with van der Waals surface area (Å²) in [4.78, 5) is 27.9. The number of fused-ring (bicyclic) bond motifs is 1. The molecule has 0 radical (unpaired) electrons. The summed E-state index contributed by atoms with van der Waals surface area (Å²) in [6.45, 7) is 0.619. The number of ketones is 1. The molecule has 0 spiro atoms. The van der Waals surface area contributed by atoms with Crippen molar-refractivity contribution in [1.82, 2.24) is 9.71 Å². The summed E-state index contributed by atoms with van der Waals surface area (Å²) in [6, 6.07) is 11.0. The first-order chi connectivity index (χ1) is 9.74. The molecule has 0 saturated carbocycles. The number of hydrogen-bond acceptors (Lipinski definition) is 5. The van der Waals surface area contributed by atoms with Gasteiger partial charge in [-0.25, -0.2) is 0 Å². The van der Waals surface area contributed by atoms with Crippen molar-refractivity contribution in [2.75, 3.05) is 5.32 Å². The van der Waals surface area contributed by atoms with Gasteiger partial charge in [-0.15, -0.1) is 0 Å². The van der Waals surface area contributed by atoms with E-state index in [0.29, 0.717) is 17.8 Å². The molecular formula is C14H11N3O2S. The lowest BCUT2D eigenvalue weighted by Gasteiger charge is -2.05.